The van der Waals surface area contributed by atoms with Crippen LogP contribution in [0.5, 0.6) is 0 Å². The molecule has 2 fully saturated rings. The molecule has 23 heavy (non-hydrogen) atoms. The van der Waals surface area contributed by atoms with Crippen molar-refractivity contribution in [3.05, 3.63) is 22.4 Å². The van der Waals surface area contributed by atoms with Crippen molar-refractivity contribution in [2.24, 2.45) is 4.99 Å². The summed E-state index contributed by atoms with van der Waals surface area (Å²) in [7, 11) is 6.07. The third-order valence-corrected chi connectivity index (χ3v) is 5.58. The van der Waals surface area contributed by atoms with E-state index in [9.17, 15) is 0 Å². The maximum absolute atomic E-state index is 5.90. The summed E-state index contributed by atoms with van der Waals surface area (Å²) in [6.45, 7) is 0.842. The van der Waals surface area contributed by atoms with Crippen LogP contribution in [-0.4, -0.2) is 56.8 Å². The summed E-state index contributed by atoms with van der Waals surface area (Å²) in [6.07, 6.45) is 4.32. The van der Waals surface area contributed by atoms with Gasteiger partial charge in [0.05, 0.1) is 24.3 Å². The topological polar surface area (TPSA) is 48.9 Å². The van der Waals surface area contributed by atoms with Crippen molar-refractivity contribution in [2.45, 2.75) is 43.6 Å². The second-order valence-corrected chi connectivity index (χ2v) is 7.29. The Morgan fingerprint density at radius 1 is 1.48 bits per heavy atom. The van der Waals surface area contributed by atoms with Crippen LogP contribution in [0, 0.1) is 0 Å². The zero-order chi connectivity index (χ0) is 15.5. The number of hydrogen-bond acceptors (Lipinski definition) is 4. The molecule has 1 aromatic rings. The first kappa shape index (κ1) is 19.0. The number of hydrogen-bond donors (Lipinski definition) is 2. The molecule has 2 saturated heterocycles. The highest BCUT2D eigenvalue weighted by Gasteiger charge is 2.41. The lowest BCUT2D eigenvalue weighted by Crippen LogP contribution is -2.48. The van der Waals surface area contributed by atoms with Crippen molar-refractivity contribution in [1.82, 2.24) is 15.5 Å². The second kappa shape index (κ2) is 8.64. The van der Waals surface area contributed by atoms with Crippen molar-refractivity contribution in [3.63, 3.8) is 0 Å². The van der Waals surface area contributed by atoms with Gasteiger partial charge in [-0.15, -0.1) is 35.3 Å². The molecule has 0 saturated carbocycles. The van der Waals surface area contributed by atoms with E-state index in [1.165, 1.54) is 17.7 Å². The fourth-order valence-electron chi connectivity index (χ4n) is 3.37. The lowest BCUT2D eigenvalue weighted by molar-refractivity contribution is 0.0992. The predicted octanol–water partition coefficient (Wildman–Crippen LogP) is 2.45. The summed E-state index contributed by atoms with van der Waals surface area (Å²) in [4.78, 5) is 7.99. The Bertz CT molecular complexity index is 508. The number of nitrogens with zero attached hydrogens (tertiary/aromatic N) is 2. The minimum Gasteiger partial charge on any atom is -0.373 e. The van der Waals surface area contributed by atoms with Crippen LogP contribution in [0.25, 0.3) is 0 Å². The normalized spacial score (nSPS) is 27.8. The van der Waals surface area contributed by atoms with Gasteiger partial charge in [0, 0.05) is 18.5 Å². The van der Waals surface area contributed by atoms with Crippen molar-refractivity contribution in [1.29, 1.82) is 0 Å². The monoisotopic (exact) mass is 450 g/mol. The van der Waals surface area contributed by atoms with Crippen molar-refractivity contribution in [3.8, 4) is 0 Å². The van der Waals surface area contributed by atoms with E-state index in [1.807, 2.05) is 7.05 Å². The Balaban J connectivity index is 0.00000192. The van der Waals surface area contributed by atoms with E-state index in [2.05, 4.69) is 52.1 Å². The Kier molecular flexibility index (Phi) is 7.12. The molecule has 2 aliphatic heterocycles. The number of thiophene rings is 1. The van der Waals surface area contributed by atoms with Gasteiger partial charge in [-0.3, -0.25) is 4.99 Å². The van der Waals surface area contributed by atoms with E-state index in [0.29, 0.717) is 24.3 Å². The predicted molar refractivity (Wildman–Crippen MR) is 107 cm³/mol. The van der Waals surface area contributed by atoms with Gasteiger partial charge >= 0.3 is 0 Å². The SMILES string of the molecule is CN=C(NCC(c1cccs1)N(C)C)NC1CC2CCC1O2.I. The van der Waals surface area contributed by atoms with Gasteiger partial charge in [0.2, 0.25) is 0 Å². The standard InChI is InChI=1S/C16H26N4OS.HI/c1-17-16(19-12-9-11-6-7-14(12)21-11)18-10-13(20(2)3)15-5-4-8-22-15;/h4-5,8,11-14H,6-7,9-10H2,1-3H3,(H2,17,18,19);1H. The Hall–Kier alpha value is -0.380. The Labute approximate surface area is 159 Å². The first-order valence-electron chi connectivity index (χ1n) is 8.00. The third kappa shape index (κ3) is 4.58. The molecule has 4 unspecified atom stereocenters. The zero-order valence-corrected chi connectivity index (χ0v) is 17.1. The average Bonchev–Trinajstić information content (AvgIpc) is 3.23. The van der Waals surface area contributed by atoms with E-state index in [1.54, 1.807) is 11.3 Å². The molecule has 0 amide bonds. The molecule has 2 bridgehead atoms. The smallest absolute Gasteiger partial charge is 0.191 e. The maximum atomic E-state index is 5.90. The van der Waals surface area contributed by atoms with Crippen molar-refractivity contribution >= 4 is 41.3 Å². The summed E-state index contributed by atoms with van der Waals surface area (Å²) in [5.74, 6) is 0.879. The fraction of sp³-hybridized carbons (Fsp3) is 0.688. The molecule has 0 radical (unpaired) electrons. The highest BCUT2D eigenvalue weighted by molar-refractivity contribution is 14.0. The quantitative estimate of drug-likeness (QED) is 0.411. The van der Waals surface area contributed by atoms with E-state index in [4.69, 9.17) is 4.74 Å². The number of nitrogens with one attached hydrogen (secondary N) is 2. The number of fused-ring (bicyclic) bond motifs is 2. The summed E-state index contributed by atoms with van der Waals surface area (Å²) < 4.78 is 5.90. The molecule has 3 heterocycles. The summed E-state index contributed by atoms with van der Waals surface area (Å²) in [6, 6.07) is 5.06. The number of ether oxygens (including phenoxy) is 1. The average molecular weight is 450 g/mol. The van der Waals surface area contributed by atoms with Crippen LogP contribution in [0.1, 0.15) is 30.2 Å². The van der Waals surface area contributed by atoms with Crippen molar-refractivity contribution < 1.29 is 4.74 Å². The number of halogens is 1. The van der Waals surface area contributed by atoms with Gasteiger partial charge < -0.3 is 20.3 Å². The van der Waals surface area contributed by atoms with E-state index < -0.39 is 0 Å². The van der Waals surface area contributed by atoms with E-state index >= 15 is 0 Å². The number of rotatable bonds is 5. The molecule has 1 aromatic heterocycles. The second-order valence-electron chi connectivity index (χ2n) is 6.31. The first-order valence-corrected chi connectivity index (χ1v) is 8.88. The van der Waals surface area contributed by atoms with Gasteiger partial charge in [-0.25, -0.2) is 0 Å². The lowest BCUT2D eigenvalue weighted by Gasteiger charge is -2.27. The van der Waals surface area contributed by atoms with Crippen molar-refractivity contribution in [2.75, 3.05) is 27.7 Å². The van der Waals surface area contributed by atoms with Crippen LogP contribution < -0.4 is 10.6 Å². The molecular weight excluding hydrogens is 423 g/mol. The molecule has 7 heteroatoms. The number of likely N-dealkylation sites (N-methyl/N-ethyl adjacent to an activating group) is 1. The first-order chi connectivity index (χ1) is 10.7. The maximum Gasteiger partial charge on any atom is 0.191 e. The van der Waals surface area contributed by atoms with Gasteiger partial charge in [-0.1, -0.05) is 6.07 Å². The van der Waals surface area contributed by atoms with Crippen LogP contribution in [-0.2, 0) is 4.74 Å². The van der Waals surface area contributed by atoms with Gasteiger partial charge in [-0.2, -0.15) is 0 Å². The summed E-state index contributed by atoms with van der Waals surface area (Å²) >= 11 is 1.80. The van der Waals surface area contributed by atoms with Gasteiger partial charge in [0.15, 0.2) is 5.96 Å². The van der Waals surface area contributed by atoms with Crippen LogP contribution in [0.15, 0.2) is 22.5 Å². The Morgan fingerprint density at radius 3 is 2.83 bits per heavy atom. The van der Waals surface area contributed by atoms with Crippen LogP contribution in [0.2, 0.25) is 0 Å². The molecular formula is C16H27IN4OS. The van der Waals surface area contributed by atoms with E-state index in [-0.39, 0.29) is 24.0 Å². The summed E-state index contributed by atoms with van der Waals surface area (Å²) in [5.41, 5.74) is 0. The van der Waals surface area contributed by atoms with Crippen LogP contribution >= 0.6 is 35.3 Å². The van der Waals surface area contributed by atoms with Crippen LogP contribution in [0.3, 0.4) is 0 Å². The molecule has 0 aliphatic carbocycles. The largest absolute Gasteiger partial charge is 0.373 e. The molecule has 0 spiro atoms. The molecule has 0 aromatic carbocycles. The minimum absolute atomic E-state index is 0. The highest BCUT2D eigenvalue weighted by atomic mass is 127. The molecule has 130 valence electrons. The van der Waals surface area contributed by atoms with Gasteiger partial charge in [-0.05, 0) is 44.8 Å². The lowest BCUT2D eigenvalue weighted by atomic mass is 9.96. The fourth-order valence-corrected chi connectivity index (χ4v) is 4.29. The van der Waals surface area contributed by atoms with Crippen LogP contribution in [0.4, 0.5) is 0 Å². The minimum atomic E-state index is 0. The van der Waals surface area contributed by atoms with E-state index in [0.717, 1.165) is 18.9 Å². The third-order valence-electron chi connectivity index (χ3n) is 4.61. The molecule has 2 N–H and O–H groups in total. The van der Waals surface area contributed by atoms with Gasteiger partial charge in [0.1, 0.15) is 0 Å². The Morgan fingerprint density at radius 2 is 2.30 bits per heavy atom. The molecule has 3 rings (SSSR count). The highest BCUT2D eigenvalue weighted by Crippen LogP contribution is 2.34. The number of guanidine groups is 1. The molecule has 5 nitrogen and oxygen atoms in total. The zero-order valence-electron chi connectivity index (χ0n) is 14.0. The van der Waals surface area contributed by atoms with Gasteiger partial charge in [0.25, 0.3) is 0 Å². The molecule has 4 atom stereocenters. The summed E-state index contributed by atoms with van der Waals surface area (Å²) in [5, 5.41) is 9.14. The number of aliphatic imine (C=N–C) groups is 1. The molecule has 2 aliphatic rings.